The molecular weight excluding hydrogens is 352 g/mol. The van der Waals surface area contributed by atoms with Crippen molar-refractivity contribution in [3.8, 4) is 17.2 Å². The normalized spacial score (nSPS) is 13.6. The summed E-state index contributed by atoms with van der Waals surface area (Å²) < 4.78 is 41.0. The first-order chi connectivity index (χ1) is 11.5. The number of hydrogen-bond donors (Lipinski definition) is 0. The molecule has 0 fully saturated rings. The Balaban J connectivity index is 1.80. The summed E-state index contributed by atoms with van der Waals surface area (Å²) in [5, 5.41) is 0.360. The minimum Gasteiger partial charge on any atom is -0.497 e. The van der Waals surface area contributed by atoms with E-state index in [1.165, 1.54) is 0 Å². The number of rotatable bonds is 5. The van der Waals surface area contributed by atoms with Crippen LogP contribution in [-0.2, 0) is 21.3 Å². The lowest BCUT2D eigenvalue weighted by Crippen LogP contribution is -2.16. The Kier molecular flexibility index (Phi) is 4.87. The molecule has 0 saturated heterocycles. The largest absolute Gasteiger partial charge is 0.497 e. The molecule has 5 nitrogen and oxygen atoms in total. The van der Waals surface area contributed by atoms with Gasteiger partial charge in [-0.3, -0.25) is 0 Å². The van der Waals surface area contributed by atoms with Gasteiger partial charge in [-0.2, -0.15) is 0 Å². The third-order valence-electron chi connectivity index (χ3n) is 3.56. The number of methoxy groups -OCH3 is 1. The topological polar surface area (TPSA) is 61.8 Å². The van der Waals surface area contributed by atoms with Crippen LogP contribution in [0.5, 0.6) is 17.2 Å². The SMILES string of the molecule is COc1cccc(CS(=O)(=O)Cc2cc(Cl)c3c(c2)OCCO3)c1. The van der Waals surface area contributed by atoms with Gasteiger partial charge >= 0.3 is 0 Å². The Morgan fingerprint density at radius 3 is 2.62 bits per heavy atom. The van der Waals surface area contributed by atoms with Crippen LogP contribution in [0.4, 0.5) is 0 Å². The lowest BCUT2D eigenvalue weighted by molar-refractivity contribution is 0.171. The average molecular weight is 369 g/mol. The predicted molar refractivity (Wildman–Crippen MR) is 91.8 cm³/mol. The first-order valence-electron chi connectivity index (χ1n) is 7.38. The van der Waals surface area contributed by atoms with E-state index < -0.39 is 9.84 Å². The van der Waals surface area contributed by atoms with Gasteiger partial charge in [-0.05, 0) is 35.4 Å². The van der Waals surface area contributed by atoms with Crippen molar-refractivity contribution in [2.75, 3.05) is 20.3 Å². The number of halogens is 1. The summed E-state index contributed by atoms with van der Waals surface area (Å²) in [4.78, 5) is 0. The Morgan fingerprint density at radius 1 is 1.08 bits per heavy atom. The van der Waals surface area contributed by atoms with Crippen molar-refractivity contribution >= 4 is 21.4 Å². The first kappa shape index (κ1) is 16.9. The van der Waals surface area contributed by atoms with Gasteiger partial charge in [-0.15, -0.1) is 0 Å². The molecule has 7 heteroatoms. The van der Waals surface area contributed by atoms with Crippen molar-refractivity contribution in [3.05, 3.63) is 52.5 Å². The molecule has 0 unspecified atom stereocenters. The quantitative estimate of drug-likeness (QED) is 0.810. The molecule has 0 spiro atoms. The van der Waals surface area contributed by atoms with E-state index in [1.807, 2.05) is 0 Å². The summed E-state index contributed by atoms with van der Waals surface area (Å²) in [5.41, 5.74) is 1.25. The molecule has 0 aliphatic carbocycles. The minimum atomic E-state index is -3.37. The van der Waals surface area contributed by atoms with Gasteiger partial charge in [0.2, 0.25) is 0 Å². The highest BCUT2D eigenvalue weighted by Gasteiger charge is 2.20. The summed E-state index contributed by atoms with van der Waals surface area (Å²) >= 11 is 6.16. The summed E-state index contributed by atoms with van der Waals surface area (Å²) in [6, 6.07) is 10.3. The highest BCUT2D eigenvalue weighted by Crippen LogP contribution is 2.38. The van der Waals surface area contributed by atoms with Gasteiger partial charge < -0.3 is 14.2 Å². The van der Waals surface area contributed by atoms with Crippen LogP contribution in [0.15, 0.2) is 36.4 Å². The van der Waals surface area contributed by atoms with Crippen molar-refractivity contribution in [1.82, 2.24) is 0 Å². The second kappa shape index (κ2) is 6.91. The van der Waals surface area contributed by atoms with Crippen molar-refractivity contribution in [2.24, 2.45) is 0 Å². The average Bonchev–Trinajstić information content (AvgIpc) is 2.54. The third-order valence-corrected chi connectivity index (χ3v) is 5.39. The molecule has 2 aromatic carbocycles. The van der Waals surface area contributed by atoms with Crippen LogP contribution < -0.4 is 14.2 Å². The maximum Gasteiger partial charge on any atom is 0.179 e. The Labute approximate surface area is 146 Å². The standard InChI is InChI=1S/C17H17ClO5S/c1-21-14-4-2-3-12(7-14)10-24(19,20)11-13-8-15(18)17-16(9-13)22-5-6-23-17/h2-4,7-9H,5-6,10-11H2,1H3. The summed E-state index contributed by atoms with van der Waals surface area (Å²) in [7, 11) is -1.82. The van der Waals surface area contributed by atoms with Crippen LogP contribution in [0.1, 0.15) is 11.1 Å². The zero-order valence-electron chi connectivity index (χ0n) is 13.1. The van der Waals surface area contributed by atoms with Crippen molar-refractivity contribution < 1.29 is 22.6 Å². The predicted octanol–water partition coefficient (Wildman–Crippen LogP) is 3.23. The van der Waals surface area contributed by atoms with Gasteiger partial charge in [-0.1, -0.05) is 23.7 Å². The molecule has 2 aromatic rings. The monoisotopic (exact) mass is 368 g/mol. The van der Waals surface area contributed by atoms with Gasteiger partial charge in [0.15, 0.2) is 21.3 Å². The third kappa shape index (κ3) is 3.94. The molecule has 1 aliphatic rings. The van der Waals surface area contributed by atoms with Crippen LogP contribution in [0, 0.1) is 0 Å². The van der Waals surface area contributed by atoms with Crippen LogP contribution >= 0.6 is 11.6 Å². The number of fused-ring (bicyclic) bond motifs is 1. The number of hydrogen-bond acceptors (Lipinski definition) is 5. The van der Waals surface area contributed by atoms with E-state index >= 15 is 0 Å². The van der Waals surface area contributed by atoms with Crippen LogP contribution in [0.2, 0.25) is 5.02 Å². The second-order valence-electron chi connectivity index (χ2n) is 5.49. The van der Waals surface area contributed by atoms with E-state index in [1.54, 1.807) is 43.5 Å². The van der Waals surface area contributed by atoms with Crippen molar-refractivity contribution in [2.45, 2.75) is 11.5 Å². The lowest BCUT2D eigenvalue weighted by Gasteiger charge is -2.20. The molecule has 3 rings (SSSR count). The minimum absolute atomic E-state index is 0.0732. The first-order valence-corrected chi connectivity index (χ1v) is 9.58. The van der Waals surface area contributed by atoms with E-state index in [-0.39, 0.29) is 11.5 Å². The second-order valence-corrected chi connectivity index (χ2v) is 7.96. The highest BCUT2D eigenvalue weighted by molar-refractivity contribution is 7.89. The van der Waals surface area contributed by atoms with Crippen LogP contribution in [-0.4, -0.2) is 28.7 Å². The zero-order valence-corrected chi connectivity index (χ0v) is 14.7. The Bertz CT molecular complexity index is 848. The van der Waals surface area contributed by atoms with E-state index in [0.29, 0.717) is 46.6 Å². The van der Waals surface area contributed by atoms with Gasteiger partial charge in [0, 0.05) is 0 Å². The lowest BCUT2D eigenvalue weighted by atomic mass is 10.2. The van der Waals surface area contributed by atoms with E-state index in [0.717, 1.165) is 0 Å². The molecule has 0 N–H and O–H groups in total. The smallest absolute Gasteiger partial charge is 0.179 e. The molecule has 0 atom stereocenters. The molecule has 1 heterocycles. The van der Waals surface area contributed by atoms with E-state index in [4.69, 9.17) is 25.8 Å². The summed E-state index contributed by atoms with van der Waals surface area (Å²) in [5.74, 6) is 1.39. The maximum absolute atomic E-state index is 12.5. The van der Waals surface area contributed by atoms with Gasteiger partial charge in [0.05, 0.1) is 23.6 Å². The highest BCUT2D eigenvalue weighted by atomic mass is 35.5. The molecule has 0 radical (unpaired) electrons. The van der Waals surface area contributed by atoms with Crippen LogP contribution in [0.3, 0.4) is 0 Å². The number of sulfone groups is 1. The maximum atomic E-state index is 12.5. The fourth-order valence-electron chi connectivity index (χ4n) is 2.57. The molecule has 0 saturated carbocycles. The summed E-state index contributed by atoms with van der Waals surface area (Å²) in [6.07, 6.45) is 0. The Morgan fingerprint density at radius 2 is 1.83 bits per heavy atom. The fraction of sp³-hybridized carbons (Fsp3) is 0.294. The van der Waals surface area contributed by atoms with Gasteiger partial charge in [-0.25, -0.2) is 8.42 Å². The summed E-state index contributed by atoms with van der Waals surface area (Å²) in [6.45, 7) is 0.851. The van der Waals surface area contributed by atoms with E-state index in [9.17, 15) is 8.42 Å². The van der Waals surface area contributed by atoms with Gasteiger partial charge in [0.25, 0.3) is 0 Å². The number of benzene rings is 2. The molecule has 24 heavy (non-hydrogen) atoms. The van der Waals surface area contributed by atoms with Crippen LogP contribution in [0.25, 0.3) is 0 Å². The molecule has 1 aliphatic heterocycles. The van der Waals surface area contributed by atoms with E-state index in [2.05, 4.69) is 0 Å². The van der Waals surface area contributed by atoms with Crippen molar-refractivity contribution in [1.29, 1.82) is 0 Å². The molecule has 0 aromatic heterocycles. The molecular formula is C17H17ClO5S. The molecule has 0 amide bonds. The van der Waals surface area contributed by atoms with Gasteiger partial charge in [0.1, 0.15) is 19.0 Å². The zero-order chi connectivity index (χ0) is 17.2. The van der Waals surface area contributed by atoms with Crippen molar-refractivity contribution in [3.63, 3.8) is 0 Å². The molecule has 128 valence electrons. The fourth-order valence-corrected chi connectivity index (χ4v) is 4.32. The number of ether oxygens (including phenoxy) is 3. The molecule has 0 bridgehead atoms. The Hall–Kier alpha value is -1.92.